The molecule has 0 aliphatic heterocycles. The maximum atomic E-state index is 2.49. The first-order valence-corrected chi connectivity index (χ1v) is 16.4. The van der Waals surface area contributed by atoms with E-state index in [0.717, 1.165) is 12.8 Å². The van der Waals surface area contributed by atoms with Crippen LogP contribution >= 0.6 is 0 Å². The maximum absolute atomic E-state index is 2.49. The predicted molar refractivity (Wildman–Crippen MR) is 196 cm³/mol. The van der Waals surface area contributed by atoms with Crippen molar-refractivity contribution in [3.8, 4) is 0 Å². The molecule has 0 fully saturated rings. The first-order chi connectivity index (χ1) is 21.5. The molecular formula is C44H46. The van der Waals surface area contributed by atoms with Crippen LogP contribution in [0.4, 0.5) is 0 Å². The smallest absolute Gasteiger partial charge is 0.00105 e. The summed E-state index contributed by atoms with van der Waals surface area (Å²) < 4.78 is 0. The van der Waals surface area contributed by atoms with Gasteiger partial charge in [0, 0.05) is 0 Å². The average Bonchev–Trinajstić information content (AvgIpc) is 3.06. The van der Waals surface area contributed by atoms with E-state index in [2.05, 4.69) is 148 Å². The minimum absolute atomic E-state index is 0.0343. The van der Waals surface area contributed by atoms with Gasteiger partial charge in [-0.1, -0.05) is 164 Å². The number of hydrogen-bond acceptors (Lipinski definition) is 0. The molecule has 0 saturated heterocycles. The van der Waals surface area contributed by atoms with Gasteiger partial charge in [-0.2, -0.15) is 0 Å². The van der Waals surface area contributed by atoms with E-state index < -0.39 is 0 Å². The molecule has 0 nitrogen and oxygen atoms in total. The van der Waals surface area contributed by atoms with Crippen molar-refractivity contribution in [3.05, 3.63) is 155 Å². The van der Waals surface area contributed by atoms with Crippen LogP contribution in [-0.2, 0) is 18.3 Å². The average molecular weight is 575 g/mol. The van der Waals surface area contributed by atoms with E-state index >= 15 is 0 Å². The molecule has 0 aromatic heterocycles. The monoisotopic (exact) mass is 574 g/mol. The highest BCUT2D eigenvalue weighted by molar-refractivity contribution is 6.03. The molecule has 222 valence electrons. The Labute approximate surface area is 264 Å². The molecule has 0 amide bonds. The molecule has 0 radical (unpaired) electrons. The second kappa shape index (κ2) is 13.5. The van der Waals surface area contributed by atoms with Crippen molar-refractivity contribution in [1.82, 2.24) is 0 Å². The summed E-state index contributed by atoms with van der Waals surface area (Å²) in [7, 11) is 0. The summed E-state index contributed by atoms with van der Waals surface area (Å²) in [5, 5.41) is 10.7. The fraction of sp³-hybridized carbons (Fsp3) is 0.227. The minimum atomic E-state index is 0.0343. The Balaban J connectivity index is 0.000000924. The quantitative estimate of drug-likeness (QED) is 0.183. The number of rotatable bonds is 4. The van der Waals surface area contributed by atoms with Crippen LogP contribution in [0.3, 0.4) is 0 Å². The van der Waals surface area contributed by atoms with E-state index in [1.807, 2.05) is 27.7 Å². The zero-order chi connectivity index (χ0) is 31.3. The summed E-state index contributed by atoms with van der Waals surface area (Å²) in [6.45, 7) is 15.1. The summed E-state index contributed by atoms with van der Waals surface area (Å²) in [4.78, 5) is 0. The molecule has 0 N–H and O–H groups in total. The van der Waals surface area contributed by atoms with Crippen LogP contribution < -0.4 is 0 Å². The van der Waals surface area contributed by atoms with E-state index in [4.69, 9.17) is 0 Å². The molecule has 44 heavy (non-hydrogen) atoms. The molecule has 0 spiro atoms. The molecule has 0 bridgehead atoms. The van der Waals surface area contributed by atoms with Gasteiger partial charge in [0.25, 0.3) is 0 Å². The fourth-order valence-electron chi connectivity index (χ4n) is 6.58. The standard InChI is InChI=1S/C40H34.2C2H6/c1-40(2,3)39-23-27(22-37-33-16-8-4-12-28(33)24-29-13-5-9-17-34(29)37)20-21-32(39)26-38-35-18-10-6-14-30(35)25-31-15-7-11-19-36(31)38;2*1-2/h4-21,23-25H,22,26H2,1-3H3;2*1-2H3. The first-order valence-electron chi connectivity index (χ1n) is 16.4. The molecular weight excluding hydrogens is 528 g/mol. The van der Waals surface area contributed by atoms with Gasteiger partial charge in [0.1, 0.15) is 0 Å². The van der Waals surface area contributed by atoms with Gasteiger partial charge in [0.15, 0.2) is 0 Å². The topological polar surface area (TPSA) is 0 Å². The van der Waals surface area contributed by atoms with Gasteiger partial charge in [0.05, 0.1) is 0 Å². The summed E-state index contributed by atoms with van der Waals surface area (Å²) in [5.41, 5.74) is 7.10. The van der Waals surface area contributed by atoms with E-state index in [0.29, 0.717) is 0 Å². The summed E-state index contributed by atoms with van der Waals surface area (Å²) in [5.74, 6) is 0. The molecule has 7 aromatic carbocycles. The molecule has 7 rings (SSSR count). The second-order valence-corrected chi connectivity index (χ2v) is 12.2. The van der Waals surface area contributed by atoms with Crippen LogP contribution in [0, 0.1) is 0 Å². The van der Waals surface area contributed by atoms with E-state index in [9.17, 15) is 0 Å². The lowest BCUT2D eigenvalue weighted by Crippen LogP contribution is -2.15. The molecule has 0 atom stereocenters. The molecule has 0 aliphatic carbocycles. The van der Waals surface area contributed by atoms with Crippen molar-refractivity contribution >= 4 is 43.1 Å². The Morgan fingerprint density at radius 1 is 0.409 bits per heavy atom. The van der Waals surface area contributed by atoms with Gasteiger partial charge in [-0.3, -0.25) is 0 Å². The Kier molecular flexibility index (Phi) is 9.50. The van der Waals surface area contributed by atoms with Crippen LogP contribution in [0.25, 0.3) is 43.1 Å². The van der Waals surface area contributed by atoms with Crippen molar-refractivity contribution in [2.45, 2.75) is 66.7 Å². The Bertz CT molecular complexity index is 1930. The van der Waals surface area contributed by atoms with Crippen molar-refractivity contribution in [1.29, 1.82) is 0 Å². The molecule has 0 heterocycles. The van der Waals surface area contributed by atoms with Gasteiger partial charge >= 0.3 is 0 Å². The van der Waals surface area contributed by atoms with Crippen molar-refractivity contribution < 1.29 is 0 Å². The highest BCUT2D eigenvalue weighted by atomic mass is 14.2. The summed E-state index contributed by atoms with van der Waals surface area (Å²) in [6, 6.07) is 47.3. The number of benzene rings is 7. The van der Waals surface area contributed by atoms with Gasteiger partial charge in [-0.15, -0.1) is 0 Å². The minimum Gasteiger partial charge on any atom is -0.0683 e. The van der Waals surface area contributed by atoms with E-state index in [1.54, 1.807) is 0 Å². The molecule has 0 aliphatic rings. The Morgan fingerprint density at radius 3 is 1.16 bits per heavy atom. The van der Waals surface area contributed by atoms with Gasteiger partial charge in [-0.25, -0.2) is 0 Å². The molecule has 0 heteroatoms. The zero-order valence-corrected chi connectivity index (χ0v) is 27.5. The lowest BCUT2D eigenvalue weighted by molar-refractivity contribution is 0.583. The van der Waals surface area contributed by atoms with Gasteiger partial charge < -0.3 is 0 Å². The molecule has 7 aromatic rings. The molecule has 0 saturated carbocycles. The Morgan fingerprint density at radius 2 is 0.773 bits per heavy atom. The number of fused-ring (bicyclic) bond motifs is 4. The van der Waals surface area contributed by atoms with Crippen molar-refractivity contribution in [2.75, 3.05) is 0 Å². The fourth-order valence-corrected chi connectivity index (χ4v) is 6.58. The van der Waals surface area contributed by atoms with Gasteiger partial charge in [0.2, 0.25) is 0 Å². The molecule has 0 unspecified atom stereocenters. The third-order valence-corrected chi connectivity index (χ3v) is 8.50. The lowest BCUT2D eigenvalue weighted by Gasteiger charge is -2.25. The second-order valence-electron chi connectivity index (χ2n) is 12.2. The van der Waals surface area contributed by atoms with Crippen molar-refractivity contribution in [3.63, 3.8) is 0 Å². The maximum Gasteiger partial charge on any atom is -0.00105 e. The largest absolute Gasteiger partial charge is 0.0683 e. The van der Waals surface area contributed by atoms with Crippen LogP contribution in [0.15, 0.2) is 127 Å². The number of hydrogen-bond donors (Lipinski definition) is 0. The summed E-state index contributed by atoms with van der Waals surface area (Å²) >= 11 is 0. The van der Waals surface area contributed by atoms with Gasteiger partial charge in [-0.05, 0) is 101 Å². The first kappa shape index (κ1) is 31.0. The van der Waals surface area contributed by atoms with Crippen LogP contribution in [0.2, 0.25) is 0 Å². The summed E-state index contributed by atoms with van der Waals surface area (Å²) in [6.07, 6.45) is 1.84. The van der Waals surface area contributed by atoms with Crippen LogP contribution in [0.5, 0.6) is 0 Å². The third kappa shape index (κ3) is 6.13. The Hall–Kier alpha value is -4.42. The zero-order valence-electron chi connectivity index (χ0n) is 27.5. The normalized spacial score (nSPS) is 11.2. The predicted octanol–water partition coefficient (Wildman–Crippen LogP) is 12.8. The van der Waals surface area contributed by atoms with E-state index in [1.165, 1.54) is 70.9 Å². The highest BCUT2D eigenvalue weighted by Gasteiger charge is 2.21. The van der Waals surface area contributed by atoms with Crippen LogP contribution in [-0.4, -0.2) is 0 Å². The van der Waals surface area contributed by atoms with E-state index in [-0.39, 0.29) is 5.41 Å². The SMILES string of the molecule is CC.CC.CC(C)(C)c1cc(Cc2c3ccccc3cc3ccccc23)ccc1Cc1c2ccccc2cc2ccccc12. The lowest BCUT2D eigenvalue weighted by atomic mass is 9.79. The van der Waals surface area contributed by atoms with Crippen molar-refractivity contribution in [2.24, 2.45) is 0 Å². The highest BCUT2D eigenvalue weighted by Crippen LogP contribution is 2.36. The third-order valence-electron chi connectivity index (χ3n) is 8.50. The van der Waals surface area contributed by atoms with Crippen LogP contribution in [0.1, 0.15) is 76.3 Å².